The van der Waals surface area contributed by atoms with E-state index in [0.29, 0.717) is 5.22 Å². The van der Waals surface area contributed by atoms with Gasteiger partial charge in [0, 0.05) is 13.7 Å². The minimum absolute atomic E-state index is 0. The lowest BCUT2D eigenvalue weighted by molar-refractivity contribution is 0.192. The fraction of sp³-hybridized carbons (Fsp3) is 0.636. The van der Waals surface area contributed by atoms with E-state index >= 15 is 0 Å². The Bertz CT molecular complexity index is 266. The van der Waals surface area contributed by atoms with Gasteiger partial charge in [-0.2, -0.15) is 0 Å². The van der Waals surface area contributed by atoms with Crippen LogP contribution in [0.4, 0.5) is 0 Å². The van der Waals surface area contributed by atoms with Gasteiger partial charge in [-0.15, -0.1) is 12.4 Å². The molecule has 0 aromatic carbocycles. The summed E-state index contributed by atoms with van der Waals surface area (Å²) in [5.41, 5.74) is 0. The zero-order chi connectivity index (χ0) is 10.9. The van der Waals surface area contributed by atoms with E-state index in [0.717, 1.165) is 38.3 Å². The van der Waals surface area contributed by atoms with E-state index in [2.05, 4.69) is 5.32 Å². The van der Waals surface area contributed by atoms with E-state index in [9.17, 15) is 0 Å². The summed E-state index contributed by atoms with van der Waals surface area (Å²) in [6.07, 6.45) is 3.49. The van der Waals surface area contributed by atoms with E-state index in [1.54, 1.807) is 13.2 Å². The quantitative estimate of drug-likeness (QED) is 0.735. The Morgan fingerprint density at radius 3 is 2.75 bits per heavy atom. The van der Waals surface area contributed by atoms with E-state index in [4.69, 9.17) is 20.8 Å². The molecule has 5 heteroatoms. The number of rotatable bonds is 8. The SMILES string of the molecule is COCCCCCNCc1ccc(Cl)o1.Cl. The number of halogens is 2. The largest absolute Gasteiger partial charge is 0.448 e. The van der Waals surface area contributed by atoms with Gasteiger partial charge in [-0.1, -0.05) is 0 Å². The lowest BCUT2D eigenvalue weighted by Gasteiger charge is -2.02. The Labute approximate surface area is 108 Å². The maximum Gasteiger partial charge on any atom is 0.193 e. The summed E-state index contributed by atoms with van der Waals surface area (Å²) in [6, 6.07) is 3.65. The Morgan fingerprint density at radius 2 is 2.12 bits per heavy atom. The van der Waals surface area contributed by atoms with Gasteiger partial charge in [0.25, 0.3) is 0 Å². The van der Waals surface area contributed by atoms with Crippen LogP contribution < -0.4 is 5.32 Å². The second kappa shape index (κ2) is 9.97. The van der Waals surface area contributed by atoms with Crippen LogP contribution in [0.3, 0.4) is 0 Å². The van der Waals surface area contributed by atoms with Gasteiger partial charge >= 0.3 is 0 Å². The van der Waals surface area contributed by atoms with Crippen molar-refractivity contribution >= 4 is 24.0 Å². The van der Waals surface area contributed by atoms with E-state index in [1.807, 2.05) is 6.07 Å². The Kier molecular flexibility index (Phi) is 9.83. The summed E-state index contributed by atoms with van der Waals surface area (Å²) in [5.74, 6) is 0.886. The summed E-state index contributed by atoms with van der Waals surface area (Å²) >= 11 is 5.65. The first kappa shape index (κ1) is 15.8. The average Bonchev–Trinajstić information content (AvgIpc) is 2.63. The second-order valence-electron chi connectivity index (χ2n) is 3.44. The Hall–Kier alpha value is -0.220. The van der Waals surface area contributed by atoms with Crippen molar-refractivity contribution < 1.29 is 9.15 Å². The first-order valence-electron chi connectivity index (χ1n) is 5.27. The number of furan rings is 1. The van der Waals surface area contributed by atoms with Gasteiger partial charge in [0.1, 0.15) is 5.76 Å². The monoisotopic (exact) mass is 267 g/mol. The van der Waals surface area contributed by atoms with Crippen molar-refractivity contribution in [2.24, 2.45) is 0 Å². The van der Waals surface area contributed by atoms with Crippen LogP contribution >= 0.6 is 24.0 Å². The highest BCUT2D eigenvalue weighted by Crippen LogP contribution is 2.12. The zero-order valence-electron chi connectivity index (χ0n) is 9.50. The normalized spacial score (nSPS) is 10.1. The molecule has 0 saturated heterocycles. The van der Waals surface area contributed by atoms with Crippen molar-refractivity contribution in [1.29, 1.82) is 0 Å². The highest BCUT2D eigenvalue weighted by molar-refractivity contribution is 6.28. The third kappa shape index (κ3) is 7.12. The Balaban J connectivity index is 0.00000225. The predicted octanol–water partition coefficient (Wildman–Crippen LogP) is 3.26. The van der Waals surface area contributed by atoms with Crippen LogP contribution in [0, 0.1) is 0 Å². The molecular weight excluding hydrogens is 249 g/mol. The first-order valence-corrected chi connectivity index (χ1v) is 5.64. The number of unbranched alkanes of at least 4 members (excludes halogenated alkanes) is 2. The molecule has 0 bridgehead atoms. The molecule has 3 nitrogen and oxygen atoms in total. The van der Waals surface area contributed by atoms with Crippen molar-refractivity contribution in [3.63, 3.8) is 0 Å². The number of methoxy groups -OCH3 is 1. The molecule has 0 atom stereocenters. The molecule has 0 aliphatic heterocycles. The third-order valence-electron chi connectivity index (χ3n) is 2.13. The molecule has 1 rings (SSSR count). The molecule has 1 heterocycles. The van der Waals surface area contributed by atoms with E-state index in [-0.39, 0.29) is 12.4 Å². The molecule has 1 aromatic rings. The summed E-state index contributed by atoms with van der Waals surface area (Å²) in [7, 11) is 1.74. The van der Waals surface area contributed by atoms with Gasteiger partial charge in [0.05, 0.1) is 6.54 Å². The minimum atomic E-state index is 0. The van der Waals surface area contributed by atoms with E-state index in [1.165, 1.54) is 6.42 Å². The van der Waals surface area contributed by atoms with Gasteiger partial charge in [-0.3, -0.25) is 0 Å². The molecule has 16 heavy (non-hydrogen) atoms. The van der Waals surface area contributed by atoms with Gasteiger partial charge in [0.15, 0.2) is 5.22 Å². The fourth-order valence-corrected chi connectivity index (χ4v) is 1.49. The smallest absolute Gasteiger partial charge is 0.193 e. The van der Waals surface area contributed by atoms with Crippen molar-refractivity contribution in [3.8, 4) is 0 Å². The molecule has 0 radical (unpaired) electrons. The highest BCUT2D eigenvalue weighted by atomic mass is 35.5. The maximum absolute atomic E-state index is 5.65. The molecule has 94 valence electrons. The van der Waals surface area contributed by atoms with Crippen LogP contribution in [-0.2, 0) is 11.3 Å². The summed E-state index contributed by atoms with van der Waals surface area (Å²) in [5, 5.41) is 3.75. The number of hydrogen-bond acceptors (Lipinski definition) is 3. The van der Waals surface area contributed by atoms with Crippen LogP contribution in [0.2, 0.25) is 5.22 Å². The van der Waals surface area contributed by atoms with Crippen molar-refractivity contribution in [2.45, 2.75) is 25.8 Å². The lowest BCUT2D eigenvalue weighted by Crippen LogP contribution is -2.14. The van der Waals surface area contributed by atoms with Crippen LogP contribution in [0.15, 0.2) is 16.5 Å². The van der Waals surface area contributed by atoms with Crippen molar-refractivity contribution in [2.75, 3.05) is 20.3 Å². The molecule has 0 aliphatic rings. The standard InChI is InChI=1S/C11H18ClNO2.ClH/c1-14-8-4-2-3-7-13-9-10-5-6-11(12)15-10;/h5-6,13H,2-4,7-9H2,1H3;1H. The van der Waals surface area contributed by atoms with Crippen molar-refractivity contribution in [1.82, 2.24) is 5.32 Å². The van der Waals surface area contributed by atoms with Crippen molar-refractivity contribution in [3.05, 3.63) is 23.1 Å². The fourth-order valence-electron chi connectivity index (χ4n) is 1.33. The maximum atomic E-state index is 5.65. The molecule has 0 unspecified atom stereocenters. The molecule has 0 amide bonds. The van der Waals surface area contributed by atoms with Gasteiger partial charge in [0.2, 0.25) is 0 Å². The summed E-state index contributed by atoms with van der Waals surface area (Å²) in [4.78, 5) is 0. The van der Waals surface area contributed by atoms with Gasteiger partial charge in [-0.25, -0.2) is 0 Å². The third-order valence-corrected chi connectivity index (χ3v) is 2.33. The second-order valence-corrected chi connectivity index (χ2v) is 3.81. The Morgan fingerprint density at radius 1 is 1.31 bits per heavy atom. The van der Waals surface area contributed by atoms with Crippen LogP contribution in [0.25, 0.3) is 0 Å². The minimum Gasteiger partial charge on any atom is -0.448 e. The number of hydrogen-bond donors (Lipinski definition) is 1. The van der Waals surface area contributed by atoms with Crippen LogP contribution in [0.5, 0.6) is 0 Å². The molecule has 0 aliphatic carbocycles. The van der Waals surface area contributed by atoms with Gasteiger partial charge in [-0.05, 0) is 49.5 Å². The van der Waals surface area contributed by atoms with Crippen LogP contribution in [0.1, 0.15) is 25.0 Å². The molecule has 1 N–H and O–H groups in total. The molecule has 1 aromatic heterocycles. The molecule has 0 fully saturated rings. The average molecular weight is 268 g/mol. The highest BCUT2D eigenvalue weighted by Gasteiger charge is 1.98. The zero-order valence-corrected chi connectivity index (χ0v) is 11.1. The van der Waals surface area contributed by atoms with E-state index < -0.39 is 0 Å². The topological polar surface area (TPSA) is 34.4 Å². The lowest BCUT2D eigenvalue weighted by atomic mass is 10.2. The summed E-state index contributed by atoms with van der Waals surface area (Å²) in [6.45, 7) is 2.60. The van der Waals surface area contributed by atoms with Gasteiger partial charge < -0.3 is 14.5 Å². The number of ether oxygens (including phenoxy) is 1. The summed E-state index contributed by atoms with van der Waals surface area (Å²) < 4.78 is 10.2. The first-order chi connectivity index (χ1) is 7.33. The van der Waals surface area contributed by atoms with Crippen LogP contribution in [-0.4, -0.2) is 20.3 Å². The predicted molar refractivity (Wildman–Crippen MR) is 68.4 cm³/mol. The number of nitrogens with one attached hydrogen (secondary N) is 1. The molecule has 0 saturated carbocycles. The molecular formula is C11H19Cl2NO2. The molecule has 0 spiro atoms.